The van der Waals surface area contributed by atoms with Gasteiger partial charge in [0, 0.05) is 18.0 Å². The van der Waals surface area contributed by atoms with Gasteiger partial charge in [0.2, 0.25) is 5.91 Å². The maximum atomic E-state index is 13.2. The van der Waals surface area contributed by atoms with E-state index in [0.717, 1.165) is 35.1 Å². The van der Waals surface area contributed by atoms with Crippen molar-refractivity contribution < 1.29 is 38.4 Å². The first-order chi connectivity index (χ1) is 16.9. The fourth-order valence-corrected chi connectivity index (χ4v) is 5.04. The van der Waals surface area contributed by atoms with Gasteiger partial charge in [0.25, 0.3) is 5.91 Å². The Morgan fingerprint density at radius 1 is 1.06 bits per heavy atom. The molecule has 8 heteroatoms. The van der Waals surface area contributed by atoms with Gasteiger partial charge in [0.15, 0.2) is 0 Å². The summed E-state index contributed by atoms with van der Waals surface area (Å²) in [6, 6.07) is 12.5. The van der Waals surface area contributed by atoms with Crippen LogP contribution in [0.4, 0.5) is 0 Å². The Morgan fingerprint density at radius 3 is 2.44 bits per heavy atom. The van der Waals surface area contributed by atoms with Crippen molar-refractivity contribution in [3.05, 3.63) is 59.2 Å². The van der Waals surface area contributed by atoms with Crippen LogP contribution in [-0.4, -0.2) is 41.9 Å². The minimum Gasteiger partial charge on any atom is -0.548 e. The normalized spacial score (nSPS) is 14.4. The minimum absolute atomic E-state index is 0. The van der Waals surface area contributed by atoms with Crippen LogP contribution in [0.1, 0.15) is 66.4 Å². The van der Waals surface area contributed by atoms with Crippen LogP contribution in [0.25, 0.3) is 11.1 Å². The van der Waals surface area contributed by atoms with Gasteiger partial charge in [0.05, 0.1) is 12.0 Å². The number of rotatable bonds is 11. The summed E-state index contributed by atoms with van der Waals surface area (Å²) in [5.41, 5.74) is 4.00. The average Bonchev–Trinajstić information content (AvgIpc) is 2.85. The van der Waals surface area contributed by atoms with Crippen LogP contribution >= 0.6 is 11.8 Å². The van der Waals surface area contributed by atoms with Crippen molar-refractivity contribution in [2.45, 2.75) is 70.4 Å². The SMILES string of the molecule is CSCC[C@H](NC(=O)c1ccc(CCC(=O)NC2CCCCC2)cc1-c1ccccc1C)C(=O)[O-].[Li+]. The molecule has 0 aliphatic heterocycles. The molecule has 2 N–H and O–H groups in total. The van der Waals surface area contributed by atoms with Crippen molar-refractivity contribution in [1.29, 1.82) is 0 Å². The number of carboxylic acid groups (broad SMARTS) is 1. The molecule has 0 spiro atoms. The van der Waals surface area contributed by atoms with Gasteiger partial charge in [-0.25, -0.2) is 0 Å². The van der Waals surface area contributed by atoms with Gasteiger partial charge in [-0.15, -0.1) is 0 Å². The van der Waals surface area contributed by atoms with E-state index in [1.165, 1.54) is 31.0 Å². The Labute approximate surface area is 230 Å². The summed E-state index contributed by atoms with van der Waals surface area (Å²) >= 11 is 1.52. The second-order valence-electron chi connectivity index (χ2n) is 9.22. The molecule has 1 atom stereocenters. The molecule has 0 bridgehead atoms. The summed E-state index contributed by atoms with van der Waals surface area (Å²) in [5, 5.41) is 17.3. The van der Waals surface area contributed by atoms with E-state index in [4.69, 9.17) is 0 Å². The average molecular weight is 503 g/mol. The number of carbonyl (C=O) groups is 3. The van der Waals surface area contributed by atoms with E-state index in [1.54, 1.807) is 6.07 Å². The topological polar surface area (TPSA) is 98.3 Å². The van der Waals surface area contributed by atoms with Crippen molar-refractivity contribution >= 4 is 29.5 Å². The van der Waals surface area contributed by atoms with Gasteiger partial charge in [-0.2, -0.15) is 11.8 Å². The van der Waals surface area contributed by atoms with Gasteiger partial charge in [-0.05, 0) is 72.9 Å². The van der Waals surface area contributed by atoms with Crippen molar-refractivity contribution in [3.63, 3.8) is 0 Å². The number of hydrogen-bond donors (Lipinski definition) is 2. The minimum atomic E-state index is -1.29. The fourth-order valence-electron chi connectivity index (χ4n) is 4.57. The summed E-state index contributed by atoms with van der Waals surface area (Å²) < 4.78 is 0. The van der Waals surface area contributed by atoms with E-state index in [0.29, 0.717) is 30.6 Å². The van der Waals surface area contributed by atoms with Crippen LogP contribution in [0.15, 0.2) is 42.5 Å². The second-order valence-corrected chi connectivity index (χ2v) is 10.2. The van der Waals surface area contributed by atoms with Crippen LogP contribution in [0.3, 0.4) is 0 Å². The Balaban J connectivity index is 0.00000456. The van der Waals surface area contributed by atoms with E-state index in [-0.39, 0.29) is 30.8 Å². The predicted molar refractivity (Wildman–Crippen MR) is 139 cm³/mol. The molecule has 6 nitrogen and oxygen atoms in total. The molecule has 1 aliphatic carbocycles. The van der Waals surface area contributed by atoms with E-state index < -0.39 is 17.9 Å². The van der Waals surface area contributed by atoms with Crippen LogP contribution in [-0.2, 0) is 16.0 Å². The summed E-state index contributed by atoms with van der Waals surface area (Å²) in [6.45, 7) is 1.98. The summed E-state index contributed by atoms with van der Waals surface area (Å²) in [6.07, 6.45) is 8.82. The Morgan fingerprint density at radius 2 is 1.78 bits per heavy atom. The first-order valence-corrected chi connectivity index (χ1v) is 13.8. The summed E-state index contributed by atoms with van der Waals surface area (Å²) in [5.74, 6) is -1.07. The number of hydrogen-bond acceptors (Lipinski definition) is 5. The number of amides is 2. The molecule has 0 heterocycles. The van der Waals surface area contributed by atoms with Gasteiger partial charge in [-0.3, -0.25) is 9.59 Å². The third-order valence-electron chi connectivity index (χ3n) is 6.58. The Kier molecular flexibility index (Phi) is 12.6. The van der Waals surface area contributed by atoms with Crippen molar-refractivity contribution in [2.75, 3.05) is 12.0 Å². The monoisotopic (exact) mass is 502 g/mol. The molecule has 3 rings (SSSR count). The molecule has 0 unspecified atom stereocenters. The largest absolute Gasteiger partial charge is 1.00 e. The quantitative estimate of drug-likeness (QED) is 0.440. The van der Waals surface area contributed by atoms with Gasteiger partial charge in [0.1, 0.15) is 0 Å². The standard InChI is InChI=1S/C28H36N2O4S.Li/c1-19-8-6-7-11-22(19)24-18-20(13-15-26(31)29-21-9-4-3-5-10-21)12-14-23(24)27(32)30-25(28(33)34)16-17-35-2;/h6-8,11-12,14,18,21,25H,3-5,9-10,13,15-17H2,1-2H3,(H,29,31)(H,30,32)(H,33,34);/q;+1/p-1/t25-;/m0./s1. The molecule has 2 amide bonds. The van der Waals surface area contributed by atoms with Gasteiger partial charge in [-0.1, -0.05) is 55.7 Å². The third kappa shape index (κ3) is 8.72. The van der Waals surface area contributed by atoms with Crippen LogP contribution in [0.5, 0.6) is 0 Å². The molecule has 2 aromatic rings. The molecule has 1 fully saturated rings. The van der Waals surface area contributed by atoms with Crippen molar-refractivity contribution in [2.24, 2.45) is 0 Å². The second kappa shape index (κ2) is 15.1. The van der Waals surface area contributed by atoms with E-state index in [9.17, 15) is 19.5 Å². The number of carbonyl (C=O) groups excluding carboxylic acids is 3. The Hall–Kier alpha value is -2.20. The maximum Gasteiger partial charge on any atom is 1.00 e. The third-order valence-corrected chi connectivity index (χ3v) is 7.22. The number of carboxylic acids is 1. The fraction of sp³-hybridized carbons (Fsp3) is 0.464. The zero-order chi connectivity index (χ0) is 25.2. The molecule has 0 radical (unpaired) electrons. The number of thioether (sulfide) groups is 1. The Bertz CT molecular complexity index is 1040. The summed E-state index contributed by atoms with van der Waals surface area (Å²) in [7, 11) is 0. The molecule has 1 aliphatic rings. The molecule has 36 heavy (non-hydrogen) atoms. The number of aliphatic carboxylic acids is 1. The molecule has 1 saturated carbocycles. The number of benzene rings is 2. The molecular weight excluding hydrogens is 467 g/mol. The molecule has 2 aromatic carbocycles. The molecule has 188 valence electrons. The molecule has 0 aromatic heterocycles. The number of aryl methyl sites for hydroxylation is 2. The van der Waals surface area contributed by atoms with Crippen molar-refractivity contribution in [3.8, 4) is 11.1 Å². The van der Waals surface area contributed by atoms with Gasteiger partial charge >= 0.3 is 18.9 Å². The first-order valence-electron chi connectivity index (χ1n) is 12.4. The van der Waals surface area contributed by atoms with Crippen molar-refractivity contribution in [1.82, 2.24) is 10.6 Å². The van der Waals surface area contributed by atoms with E-state index >= 15 is 0 Å². The van der Waals surface area contributed by atoms with Crippen LogP contribution in [0.2, 0.25) is 0 Å². The van der Waals surface area contributed by atoms with E-state index in [1.807, 2.05) is 49.6 Å². The van der Waals surface area contributed by atoms with Crippen LogP contribution < -0.4 is 34.6 Å². The smallest absolute Gasteiger partial charge is 0.548 e. The zero-order valence-corrected chi connectivity index (χ0v) is 22.4. The van der Waals surface area contributed by atoms with Gasteiger partial charge < -0.3 is 20.5 Å². The van der Waals surface area contributed by atoms with E-state index in [2.05, 4.69) is 10.6 Å². The first kappa shape index (κ1) is 30.0. The summed E-state index contributed by atoms with van der Waals surface area (Å²) in [4.78, 5) is 37.2. The molecule has 0 saturated heterocycles. The molecular formula is C28H35LiN2O4S. The predicted octanol–water partition coefficient (Wildman–Crippen LogP) is 0.649. The maximum absolute atomic E-state index is 13.2. The van der Waals surface area contributed by atoms with Crippen LogP contribution in [0, 0.1) is 6.92 Å². The zero-order valence-electron chi connectivity index (χ0n) is 21.6. The number of nitrogens with one attached hydrogen (secondary N) is 2.